The van der Waals surface area contributed by atoms with E-state index in [4.69, 9.17) is 12.2 Å². The van der Waals surface area contributed by atoms with Crippen LogP contribution >= 0.6 is 57.9 Å². The van der Waals surface area contributed by atoms with Gasteiger partial charge < -0.3 is 5.32 Å². The van der Waals surface area contributed by atoms with E-state index < -0.39 is 0 Å². The second-order valence-electron chi connectivity index (χ2n) is 4.70. The SMILES string of the molecule is O=C(CSc1nn(-c2ccccc2)c(=S)s1)Nc1ccccc1I. The highest BCUT2D eigenvalue weighted by Crippen LogP contribution is 2.24. The first-order chi connectivity index (χ1) is 11.6. The van der Waals surface area contributed by atoms with Crippen LogP contribution in [0.2, 0.25) is 0 Å². The molecule has 4 nitrogen and oxygen atoms in total. The zero-order valence-corrected chi connectivity index (χ0v) is 16.9. The van der Waals surface area contributed by atoms with Gasteiger partial charge in [-0.2, -0.15) is 0 Å². The van der Waals surface area contributed by atoms with Crippen molar-refractivity contribution in [3.05, 3.63) is 62.1 Å². The van der Waals surface area contributed by atoms with E-state index in [1.54, 1.807) is 4.68 Å². The van der Waals surface area contributed by atoms with Crippen LogP contribution in [0.5, 0.6) is 0 Å². The van der Waals surface area contributed by atoms with Crippen molar-refractivity contribution < 1.29 is 4.79 Å². The third-order valence-electron chi connectivity index (χ3n) is 3.00. The minimum absolute atomic E-state index is 0.0588. The van der Waals surface area contributed by atoms with Gasteiger partial charge in [-0.3, -0.25) is 4.79 Å². The average molecular weight is 485 g/mol. The van der Waals surface area contributed by atoms with E-state index in [2.05, 4.69) is 33.0 Å². The molecule has 3 aromatic rings. The largest absolute Gasteiger partial charge is 0.324 e. The van der Waals surface area contributed by atoms with Gasteiger partial charge in [0.05, 0.1) is 17.1 Å². The Labute approximate surface area is 166 Å². The molecule has 122 valence electrons. The lowest BCUT2D eigenvalue weighted by atomic mass is 10.3. The first kappa shape index (κ1) is 17.6. The van der Waals surface area contributed by atoms with Crippen molar-refractivity contribution in [2.45, 2.75) is 4.34 Å². The second kappa shape index (κ2) is 8.24. The summed E-state index contributed by atoms with van der Waals surface area (Å²) in [6, 6.07) is 17.4. The standard InChI is InChI=1S/C16H12IN3OS3/c17-12-8-4-5-9-13(12)18-14(21)10-23-15-19-20(16(22)24-15)11-6-2-1-3-7-11/h1-9H,10H2,(H,18,21). The molecule has 8 heteroatoms. The molecule has 2 aromatic carbocycles. The molecule has 0 bridgehead atoms. The van der Waals surface area contributed by atoms with Crippen LogP contribution in [0, 0.1) is 7.52 Å². The lowest BCUT2D eigenvalue weighted by molar-refractivity contribution is -0.113. The maximum absolute atomic E-state index is 12.1. The fraction of sp³-hybridized carbons (Fsp3) is 0.0625. The number of halogens is 1. The highest BCUT2D eigenvalue weighted by molar-refractivity contribution is 14.1. The molecule has 0 saturated heterocycles. The lowest BCUT2D eigenvalue weighted by Gasteiger charge is -2.06. The number of rotatable bonds is 5. The predicted octanol–water partition coefficient (Wildman–Crippen LogP) is 5.00. The highest BCUT2D eigenvalue weighted by atomic mass is 127. The van der Waals surface area contributed by atoms with Crippen LogP contribution in [0.3, 0.4) is 0 Å². The lowest BCUT2D eigenvalue weighted by Crippen LogP contribution is -2.14. The van der Waals surface area contributed by atoms with Gasteiger partial charge in [-0.05, 0) is 59.1 Å². The first-order valence-corrected chi connectivity index (χ1v) is 10.2. The Balaban J connectivity index is 1.64. The van der Waals surface area contributed by atoms with Crippen molar-refractivity contribution >= 4 is 69.5 Å². The summed E-state index contributed by atoms with van der Waals surface area (Å²) < 4.78 is 4.18. The van der Waals surface area contributed by atoms with Gasteiger partial charge in [0.2, 0.25) is 5.91 Å². The van der Waals surface area contributed by atoms with E-state index in [9.17, 15) is 4.79 Å². The minimum atomic E-state index is -0.0588. The summed E-state index contributed by atoms with van der Waals surface area (Å²) in [7, 11) is 0. The molecule has 3 rings (SSSR count). The van der Waals surface area contributed by atoms with Gasteiger partial charge in [-0.1, -0.05) is 53.4 Å². The molecule has 0 aliphatic carbocycles. The van der Waals surface area contributed by atoms with Crippen LogP contribution in [0.15, 0.2) is 58.9 Å². The molecule has 0 saturated carbocycles. The maximum atomic E-state index is 12.1. The van der Waals surface area contributed by atoms with Gasteiger partial charge >= 0.3 is 0 Å². The van der Waals surface area contributed by atoms with E-state index in [1.165, 1.54) is 23.1 Å². The van der Waals surface area contributed by atoms with Crippen molar-refractivity contribution in [1.82, 2.24) is 9.78 Å². The molecule has 1 aromatic heterocycles. The van der Waals surface area contributed by atoms with Crippen LogP contribution in [-0.2, 0) is 4.79 Å². The van der Waals surface area contributed by atoms with Gasteiger partial charge in [-0.15, -0.1) is 5.10 Å². The molecule has 24 heavy (non-hydrogen) atoms. The third-order valence-corrected chi connectivity index (χ3v) is 6.31. The van der Waals surface area contributed by atoms with E-state index in [-0.39, 0.29) is 5.91 Å². The van der Waals surface area contributed by atoms with E-state index in [0.29, 0.717) is 9.71 Å². The fourth-order valence-electron chi connectivity index (χ4n) is 1.93. The molecule has 0 unspecified atom stereocenters. The van der Waals surface area contributed by atoms with E-state index in [0.717, 1.165) is 19.3 Å². The van der Waals surface area contributed by atoms with Crippen molar-refractivity contribution in [3.8, 4) is 5.69 Å². The number of thioether (sulfide) groups is 1. The van der Waals surface area contributed by atoms with Crippen LogP contribution in [0.4, 0.5) is 5.69 Å². The Morgan fingerprint density at radius 2 is 1.92 bits per heavy atom. The fourth-order valence-corrected chi connectivity index (χ4v) is 4.61. The number of carbonyl (C=O) groups is 1. The summed E-state index contributed by atoms with van der Waals surface area (Å²) in [6.07, 6.45) is 0. The maximum Gasteiger partial charge on any atom is 0.234 e. The Bertz CT molecular complexity index is 908. The topological polar surface area (TPSA) is 46.9 Å². The monoisotopic (exact) mass is 485 g/mol. The summed E-state index contributed by atoms with van der Waals surface area (Å²) in [5, 5.41) is 7.40. The third kappa shape index (κ3) is 4.44. The zero-order chi connectivity index (χ0) is 16.9. The Kier molecular flexibility index (Phi) is 6.04. The molecule has 1 N–H and O–H groups in total. The van der Waals surface area contributed by atoms with Gasteiger partial charge in [0, 0.05) is 3.57 Å². The van der Waals surface area contributed by atoms with Gasteiger partial charge in [0.25, 0.3) is 0 Å². The van der Waals surface area contributed by atoms with Crippen LogP contribution < -0.4 is 5.32 Å². The number of benzene rings is 2. The number of anilines is 1. The summed E-state index contributed by atoms with van der Waals surface area (Å²) in [5.41, 5.74) is 1.75. The number of amides is 1. The molecule has 0 spiro atoms. The van der Waals surface area contributed by atoms with Crippen LogP contribution in [0.25, 0.3) is 5.69 Å². The molecule has 1 heterocycles. The summed E-state index contributed by atoms with van der Waals surface area (Å²) in [6.45, 7) is 0. The number of para-hydroxylation sites is 2. The number of nitrogens with one attached hydrogen (secondary N) is 1. The molecule has 0 radical (unpaired) electrons. The smallest absolute Gasteiger partial charge is 0.234 e. The molecular weight excluding hydrogens is 473 g/mol. The Hall–Kier alpha value is -1.23. The Morgan fingerprint density at radius 3 is 2.67 bits per heavy atom. The van der Waals surface area contributed by atoms with Crippen molar-refractivity contribution in [3.63, 3.8) is 0 Å². The van der Waals surface area contributed by atoms with Gasteiger partial charge in [0.15, 0.2) is 8.29 Å². The summed E-state index contributed by atoms with van der Waals surface area (Å²) in [5.74, 6) is 0.235. The van der Waals surface area contributed by atoms with Crippen molar-refractivity contribution in [2.24, 2.45) is 0 Å². The average Bonchev–Trinajstić information content (AvgIpc) is 2.97. The van der Waals surface area contributed by atoms with Crippen LogP contribution in [0.1, 0.15) is 0 Å². The number of hydrogen-bond acceptors (Lipinski definition) is 5. The molecule has 0 fully saturated rings. The zero-order valence-electron chi connectivity index (χ0n) is 12.3. The minimum Gasteiger partial charge on any atom is -0.324 e. The second-order valence-corrected chi connectivity index (χ2v) is 8.71. The molecule has 0 aliphatic rings. The van der Waals surface area contributed by atoms with Crippen molar-refractivity contribution in [2.75, 3.05) is 11.1 Å². The number of hydrogen-bond donors (Lipinski definition) is 1. The summed E-state index contributed by atoms with van der Waals surface area (Å²) in [4.78, 5) is 12.1. The normalized spacial score (nSPS) is 10.5. The van der Waals surface area contributed by atoms with E-state index >= 15 is 0 Å². The predicted molar refractivity (Wildman–Crippen MR) is 111 cm³/mol. The van der Waals surface area contributed by atoms with Gasteiger partial charge in [-0.25, -0.2) is 4.68 Å². The van der Waals surface area contributed by atoms with Crippen molar-refractivity contribution in [1.29, 1.82) is 0 Å². The molecule has 1 amide bonds. The molecule has 0 aliphatic heterocycles. The molecule has 0 atom stereocenters. The summed E-state index contributed by atoms with van der Waals surface area (Å²) >= 11 is 10.4. The van der Waals surface area contributed by atoms with E-state index in [1.807, 2.05) is 54.6 Å². The number of carbonyl (C=O) groups excluding carboxylic acids is 1. The number of nitrogens with zero attached hydrogens (tertiary/aromatic N) is 2. The first-order valence-electron chi connectivity index (χ1n) is 6.96. The quantitative estimate of drug-likeness (QED) is 0.314. The number of aromatic nitrogens is 2. The molecular formula is C16H12IN3OS3. The Morgan fingerprint density at radius 1 is 1.21 bits per heavy atom. The highest BCUT2D eigenvalue weighted by Gasteiger charge is 2.10. The van der Waals surface area contributed by atoms with Gasteiger partial charge in [0.1, 0.15) is 0 Å². The van der Waals surface area contributed by atoms with Crippen LogP contribution in [-0.4, -0.2) is 21.4 Å².